The second kappa shape index (κ2) is 4.13. The van der Waals surface area contributed by atoms with Crippen LogP contribution in [0.2, 0.25) is 0 Å². The fourth-order valence-corrected chi connectivity index (χ4v) is 2.33. The zero-order valence-electron chi connectivity index (χ0n) is 8.90. The number of benzene rings is 1. The molecule has 1 aromatic heterocycles. The van der Waals surface area contributed by atoms with E-state index in [1.807, 2.05) is 12.3 Å². The van der Waals surface area contributed by atoms with Gasteiger partial charge in [-0.05, 0) is 19.9 Å². The average Bonchev–Trinajstić information content (AvgIpc) is 2.66. The van der Waals surface area contributed by atoms with Crippen molar-refractivity contribution < 1.29 is 0 Å². The smallest absolute Gasteiger partial charge is 0.123 e. The maximum atomic E-state index is 5.78. The second-order valence-corrected chi connectivity index (χ2v) is 4.59. The molecule has 1 heterocycles. The van der Waals surface area contributed by atoms with Crippen LogP contribution in [0.25, 0.3) is 10.6 Å². The van der Waals surface area contributed by atoms with E-state index in [-0.39, 0.29) is 6.04 Å². The normalized spacial score (nSPS) is 12.7. The number of nitrogens with zero attached hydrogens (tertiary/aromatic N) is 1. The Morgan fingerprint density at radius 1 is 1.40 bits per heavy atom. The fourth-order valence-electron chi connectivity index (χ4n) is 1.41. The maximum Gasteiger partial charge on any atom is 0.123 e. The van der Waals surface area contributed by atoms with Gasteiger partial charge in [-0.2, -0.15) is 0 Å². The van der Waals surface area contributed by atoms with E-state index in [9.17, 15) is 0 Å². The molecule has 0 bridgehead atoms. The van der Waals surface area contributed by atoms with Crippen molar-refractivity contribution in [2.75, 3.05) is 0 Å². The van der Waals surface area contributed by atoms with Crippen LogP contribution in [0, 0.1) is 6.92 Å². The quantitative estimate of drug-likeness (QED) is 0.841. The van der Waals surface area contributed by atoms with Gasteiger partial charge in [0.2, 0.25) is 0 Å². The van der Waals surface area contributed by atoms with E-state index >= 15 is 0 Å². The summed E-state index contributed by atoms with van der Waals surface area (Å²) in [7, 11) is 0. The van der Waals surface area contributed by atoms with Crippen LogP contribution in [0.5, 0.6) is 0 Å². The van der Waals surface area contributed by atoms with Gasteiger partial charge >= 0.3 is 0 Å². The van der Waals surface area contributed by atoms with Crippen LogP contribution in [-0.2, 0) is 0 Å². The third-order valence-corrected chi connectivity index (χ3v) is 3.16. The van der Waals surface area contributed by atoms with Crippen LogP contribution in [-0.4, -0.2) is 4.98 Å². The molecule has 1 unspecified atom stereocenters. The average molecular weight is 218 g/mol. The van der Waals surface area contributed by atoms with Crippen molar-refractivity contribution in [3.05, 3.63) is 40.9 Å². The molecule has 0 radical (unpaired) electrons. The van der Waals surface area contributed by atoms with Crippen LogP contribution < -0.4 is 5.73 Å². The molecular formula is C12H14N2S. The summed E-state index contributed by atoms with van der Waals surface area (Å²) in [4.78, 5) is 4.51. The van der Waals surface area contributed by atoms with Crippen LogP contribution in [0.1, 0.15) is 24.2 Å². The van der Waals surface area contributed by atoms with Gasteiger partial charge in [0.25, 0.3) is 0 Å². The topological polar surface area (TPSA) is 38.9 Å². The molecule has 0 saturated carbocycles. The highest BCUT2D eigenvalue weighted by Gasteiger charge is 2.07. The zero-order valence-corrected chi connectivity index (χ0v) is 9.71. The Labute approximate surface area is 93.8 Å². The summed E-state index contributed by atoms with van der Waals surface area (Å²) in [6.45, 7) is 4.04. The van der Waals surface area contributed by atoms with E-state index in [0.717, 1.165) is 10.7 Å². The molecule has 3 heteroatoms. The lowest BCUT2D eigenvalue weighted by Crippen LogP contribution is -2.04. The third-order valence-electron chi connectivity index (χ3n) is 2.25. The molecule has 15 heavy (non-hydrogen) atoms. The van der Waals surface area contributed by atoms with Crippen molar-refractivity contribution in [2.24, 2.45) is 5.73 Å². The molecule has 2 rings (SSSR count). The fraction of sp³-hybridized carbons (Fsp3) is 0.250. The van der Waals surface area contributed by atoms with Crippen LogP contribution in [0.3, 0.4) is 0 Å². The van der Waals surface area contributed by atoms with Gasteiger partial charge in [-0.25, -0.2) is 4.98 Å². The predicted molar refractivity (Wildman–Crippen MR) is 64.9 cm³/mol. The highest BCUT2D eigenvalue weighted by molar-refractivity contribution is 7.13. The Morgan fingerprint density at radius 3 is 2.80 bits per heavy atom. The molecule has 0 saturated heterocycles. The molecule has 0 fully saturated rings. The molecular weight excluding hydrogens is 204 g/mol. The number of rotatable bonds is 2. The molecule has 78 valence electrons. The summed E-state index contributed by atoms with van der Waals surface area (Å²) in [5, 5.41) is 3.08. The largest absolute Gasteiger partial charge is 0.323 e. The van der Waals surface area contributed by atoms with E-state index in [4.69, 9.17) is 5.73 Å². The zero-order chi connectivity index (χ0) is 10.8. The number of aromatic nitrogens is 1. The highest BCUT2D eigenvalue weighted by atomic mass is 32.1. The lowest BCUT2D eigenvalue weighted by molar-refractivity contribution is 0.790. The van der Waals surface area contributed by atoms with Gasteiger partial charge in [0, 0.05) is 17.0 Å². The van der Waals surface area contributed by atoms with Crippen molar-refractivity contribution in [1.82, 2.24) is 4.98 Å². The predicted octanol–water partition coefficient (Wildman–Crippen LogP) is 3.14. The summed E-state index contributed by atoms with van der Waals surface area (Å²) in [6, 6.07) is 8.38. The Bertz CT molecular complexity index is 460. The Hall–Kier alpha value is -1.19. The minimum atomic E-state index is 0.0137. The summed E-state index contributed by atoms with van der Waals surface area (Å²) in [6.07, 6.45) is 0. The number of thiazole rings is 1. The lowest BCUT2D eigenvalue weighted by Gasteiger charge is -1.99. The van der Waals surface area contributed by atoms with Gasteiger partial charge in [-0.1, -0.05) is 23.8 Å². The standard InChI is InChI=1S/C12H14N2S/c1-8-4-3-5-10(6-8)12-14-11(7-15-12)9(2)13/h3-7,9H,13H2,1-2H3. The lowest BCUT2D eigenvalue weighted by atomic mass is 10.1. The molecule has 1 atom stereocenters. The number of nitrogens with two attached hydrogens (primary N) is 1. The van der Waals surface area contributed by atoms with Crippen LogP contribution in [0.4, 0.5) is 0 Å². The van der Waals surface area contributed by atoms with Gasteiger partial charge in [-0.3, -0.25) is 0 Å². The molecule has 0 aliphatic heterocycles. The van der Waals surface area contributed by atoms with Crippen molar-refractivity contribution in [2.45, 2.75) is 19.9 Å². The van der Waals surface area contributed by atoms with E-state index in [0.29, 0.717) is 0 Å². The molecule has 2 aromatic rings. The molecule has 0 amide bonds. The maximum absolute atomic E-state index is 5.78. The van der Waals surface area contributed by atoms with Gasteiger partial charge in [0.05, 0.1) is 5.69 Å². The SMILES string of the molecule is Cc1cccc(-c2nc(C(C)N)cs2)c1. The third kappa shape index (κ3) is 2.25. The van der Waals surface area contributed by atoms with Crippen LogP contribution >= 0.6 is 11.3 Å². The number of hydrogen-bond acceptors (Lipinski definition) is 3. The highest BCUT2D eigenvalue weighted by Crippen LogP contribution is 2.25. The van der Waals surface area contributed by atoms with Crippen molar-refractivity contribution >= 4 is 11.3 Å². The molecule has 1 aromatic carbocycles. The summed E-state index contributed by atoms with van der Waals surface area (Å²) >= 11 is 1.65. The first-order valence-corrected chi connectivity index (χ1v) is 5.83. The minimum absolute atomic E-state index is 0.0137. The minimum Gasteiger partial charge on any atom is -0.323 e. The Balaban J connectivity index is 2.37. The molecule has 0 aliphatic carbocycles. The second-order valence-electron chi connectivity index (χ2n) is 3.74. The van der Waals surface area contributed by atoms with E-state index in [2.05, 4.69) is 36.2 Å². The van der Waals surface area contributed by atoms with Gasteiger partial charge < -0.3 is 5.73 Å². The first kappa shape index (κ1) is 10.3. The van der Waals surface area contributed by atoms with Gasteiger partial charge in [0.1, 0.15) is 5.01 Å². The van der Waals surface area contributed by atoms with Crippen molar-refractivity contribution in [3.8, 4) is 10.6 Å². The first-order valence-electron chi connectivity index (χ1n) is 4.95. The van der Waals surface area contributed by atoms with E-state index in [1.54, 1.807) is 11.3 Å². The van der Waals surface area contributed by atoms with E-state index < -0.39 is 0 Å². The van der Waals surface area contributed by atoms with Crippen molar-refractivity contribution in [3.63, 3.8) is 0 Å². The molecule has 0 aliphatic rings. The Kier molecular flexibility index (Phi) is 2.84. The van der Waals surface area contributed by atoms with Gasteiger partial charge in [0.15, 0.2) is 0 Å². The number of aryl methyl sites for hydroxylation is 1. The summed E-state index contributed by atoms with van der Waals surface area (Å²) < 4.78 is 0. The van der Waals surface area contributed by atoms with Gasteiger partial charge in [-0.15, -0.1) is 11.3 Å². The summed E-state index contributed by atoms with van der Waals surface area (Å²) in [5.41, 5.74) is 9.18. The monoisotopic (exact) mass is 218 g/mol. The molecule has 0 spiro atoms. The summed E-state index contributed by atoms with van der Waals surface area (Å²) in [5.74, 6) is 0. The van der Waals surface area contributed by atoms with Crippen molar-refractivity contribution in [1.29, 1.82) is 0 Å². The molecule has 2 nitrogen and oxygen atoms in total. The Morgan fingerprint density at radius 2 is 2.20 bits per heavy atom. The molecule has 2 N–H and O–H groups in total. The van der Waals surface area contributed by atoms with Crippen LogP contribution in [0.15, 0.2) is 29.6 Å². The first-order chi connectivity index (χ1) is 7.16. The van der Waals surface area contributed by atoms with E-state index in [1.165, 1.54) is 11.1 Å². The number of hydrogen-bond donors (Lipinski definition) is 1.